The van der Waals surface area contributed by atoms with Crippen molar-refractivity contribution in [3.05, 3.63) is 59.2 Å². The van der Waals surface area contributed by atoms with E-state index < -0.39 is 0 Å². The lowest BCUT2D eigenvalue weighted by molar-refractivity contribution is 0.403. The molecule has 2 rings (SSSR count). The third-order valence-corrected chi connectivity index (χ3v) is 3.95. The van der Waals surface area contributed by atoms with Crippen molar-refractivity contribution in [1.82, 2.24) is 0 Å². The monoisotopic (exact) mass is 284 g/mol. The molecule has 0 saturated carbocycles. The number of methoxy groups -OCH3 is 2. The third-order valence-electron chi connectivity index (χ3n) is 3.95. The van der Waals surface area contributed by atoms with Crippen LogP contribution in [0.2, 0.25) is 0 Å². The summed E-state index contributed by atoms with van der Waals surface area (Å²) in [7, 11) is 3.46. The lowest BCUT2D eigenvalue weighted by Gasteiger charge is -2.17. The Morgan fingerprint density at radius 3 is 2.33 bits per heavy atom. The van der Waals surface area contributed by atoms with Gasteiger partial charge in [0.15, 0.2) is 0 Å². The van der Waals surface area contributed by atoms with Crippen molar-refractivity contribution in [2.24, 2.45) is 0 Å². The van der Waals surface area contributed by atoms with Crippen molar-refractivity contribution in [2.75, 3.05) is 14.2 Å². The summed E-state index contributed by atoms with van der Waals surface area (Å²) in [5, 5.41) is 0. The summed E-state index contributed by atoms with van der Waals surface area (Å²) in [6.07, 6.45) is 1.95. The van der Waals surface area contributed by atoms with E-state index >= 15 is 0 Å². The van der Waals surface area contributed by atoms with Gasteiger partial charge in [0.05, 0.1) is 14.2 Å². The minimum atomic E-state index is 0.418. The smallest absolute Gasteiger partial charge is 0.125 e. The van der Waals surface area contributed by atoms with Gasteiger partial charge in [-0.1, -0.05) is 44.2 Å². The summed E-state index contributed by atoms with van der Waals surface area (Å²) in [5.74, 6) is 2.37. The van der Waals surface area contributed by atoms with Crippen LogP contribution in [-0.2, 0) is 12.8 Å². The van der Waals surface area contributed by atoms with Gasteiger partial charge in [-0.2, -0.15) is 0 Å². The molecule has 0 aromatic heterocycles. The predicted octanol–water partition coefficient (Wildman–Crippen LogP) is 4.61. The zero-order valence-electron chi connectivity index (χ0n) is 13.3. The maximum absolute atomic E-state index is 5.62. The van der Waals surface area contributed by atoms with Crippen LogP contribution in [0.25, 0.3) is 0 Å². The first-order chi connectivity index (χ1) is 10.2. The molecule has 1 unspecified atom stereocenters. The topological polar surface area (TPSA) is 18.5 Å². The molecule has 0 N–H and O–H groups in total. The predicted molar refractivity (Wildman–Crippen MR) is 87.5 cm³/mol. The maximum atomic E-state index is 5.62. The molecule has 0 heterocycles. The molecule has 0 bridgehead atoms. The van der Waals surface area contributed by atoms with Crippen LogP contribution < -0.4 is 9.47 Å². The molecule has 112 valence electrons. The van der Waals surface area contributed by atoms with Gasteiger partial charge in [0.25, 0.3) is 0 Å². The number of ether oxygens (including phenoxy) is 2. The SMILES string of the molecule is CCc1cccc(CC(C)c2cccc(OC)c2)c1OC. The van der Waals surface area contributed by atoms with E-state index in [1.54, 1.807) is 14.2 Å². The highest BCUT2D eigenvalue weighted by Gasteiger charge is 2.13. The molecule has 0 aliphatic rings. The van der Waals surface area contributed by atoms with E-state index in [1.165, 1.54) is 16.7 Å². The number of aryl methyl sites for hydroxylation is 1. The van der Waals surface area contributed by atoms with Gasteiger partial charge in [-0.3, -0.25) is 0 Å². The second-order valence-corrected chi connectivity index (χ2v) is 5.34. The quantitative estimate of drug-likeness (QED) is 0.771. The Labute approximate surface area is 127 Å². The molecule has 2 nitrogen and oxygen atoms in total. The van der Waals surface area contributed by atoms with E-state index in [0.717, 1.165) is 24.3 Å². The van der Waals surface area contributed by atoms with Crippen LogP contribution in [-0.4, -0.2) is 14.2 Å². The van der Waals surface area contributed by atoms with Crippen LogP contribution >= 0.6 is 0 Å². The van der Waals surface area contributed by atoms with Crippen LogP contribution in [0, 0.1) is 0 Å². The number of hydrogen-bond donors (Lipinski definition) is 0. The zero-order valence-corrected chi connectivity index (χ0v) is 13.3. The maximum Gasteiger partial charge on any atom is 0.125 e. The second kappa shape index (κ2) is 7.16. The molecule has 2 aromatic carbocycles. The van der Waals surface area contributed by atoms with Crippen LogP contribution in [0.4, 0.5) is 0 Å². The summed E-state index contributed by atoms with van der Waals surface area (Å²) in [6, 6.07) is 14.7. The Balaban J connectivity index is 2.24. The molecule has 0 aliphatic carbocycles. The number of rotatable bonds is 6. The molecule has 0 aliphatic heterocycles. The van der Waals surface area contributed by atoms with E-state index in [0.29, 0.717) is 5.92 Å². The van der Waals surface area contributed by atoms with Gasteiger partial charge in [0.1, 0.15) is 11.5 Å². The molecule has 0 saturated heterocycles. The van der Waals surface area contributed by atoms with Crippen molar-refractivity contribution in [2.45, 2.75) is 32.6 Å². The van der Waals surface area contributed by atoms with Gasteiger partial charge in [-0.05, 0) is 47.6 Å². The first-order valence-electron chi connectivity index (χ1n) is 7.48. The first-order valence-corrected chi connectivity index (χ1v) is 7.48. The highest BCUT2D eigenvalue weighted by atomic mass is 16.5. The molecule has 0 fully saturated rings. The standard InChI is InChI=1S/C19H24O2/c1-5-15-8-6-10-17(19(15)21-4)12-14(2)16-9-7-11-18(13-16)20-3/h6-11,13-14H,5,12H2,1-4H3. The van der Waals surface area contributed by atoms with Crippen LogP contribution in [0.15, 0.2) is 42.5 Å². The highest BCUT2D eigenvalue weighted by Crippen LogP contribution is 2.30. The third kappa shape index (κ3) is 3.57. The first kappa shape index (κ1) is 15.4. The van der Waals surface area contributed by atoms with E-state index in [-0.39, 0.29) is 0 Å². The fourth-order valence-electron chi connectivity index (χ4n) is 2.74. The number of benzene rings is 2. The molecule has 2 heteroatoms. The average molecular weight is 284 g/mol. The van der Waals surface area contributed by atoms with Gasteiger partial charge in [-0.15, -0.1) is 0 Å². The fraction of sp³-hybridized carbons (Fsp3) is 0.368. The minimum absolute atomic E-state index is 0.418. The Morgan fingerprint density at radius 2 is 1.67 bits per heavy atom. The van der Waals surface area contributed by atoms with E-state index in [4.69, 9.17) is 9.47 Å². The molecule has 0 radical (unpaired) electrons. The van der Waals surface area contributed by atoms with Crippen molar-refractivity contribution in [3.63, 3.8) is 0 Å². The lowest BCUT2D eigenvalue weighted by atomic mass is 9.92. The second-order valence-electron chi connectivity index (χ2n) is 5.34. The molecule has 21 heavy (non-hydrogen) atoms. The van der Waals surface area contributed by atoms with Crippen molar-refractivity contribution in [1.29, 1.82) is 0 Å². The van der Waals surface area contributed by atoms with Gasteiger partial charge < -0.3 is 9.47 Å². The van der Waals surface area contributed by atoms with Crippen molar-refractivity contribution >= 4 is 0 Å². The zero-order chi connectivity index (χ0) is 15.2. The number of para-hydroxylation sites is 1. The molecule has 0 amide bonds. The molecular weight excluding hydrogens is 260 g/mol. The van der Waals surface area contributed by atoms with E-state index in [2.05, 4.69) is 44.2 Å². The molecule has 2 aromatic rings. The summed E-state index contributed by atoms with van der Waals surface area (Å²) in [6.45, 7) is 4.40. The van der Waals surface area contributed by atoms with Crippen LogP contribution in [0.3, 0.4) is 0 Å². The lowest BCUT2D eigenvalue weighted by Crippen LogP contribution is -2.03. The summed E-state index contributed by atoms with van der Waals surface area (Å²) >= 11 is 0. The van der Waals surface area contributed by atoms with Gasteiger partial charge in [0, 0.05) is 0 Å². The Kier molecular flexibility index (Phi) is 5.26. The van der Waals surface area contributed by atoms with Gasteiger partial charge in [-0.25, -0.2) is 0 Å². The van der Waals surface area contributed by atoms with Crippen molar-refractivity contribution < 1.29 is 9.47 Å². The average Bonchev–Trinajstić information content (AvgIpc) is 2.54. The molecule has 0 spiro atoms. The minimum Gasteiger partial charge on any atom is -0.497 e. The number of hydrogen-bond acceptors (Lipinski definition) is 2. The normalized spacial score (nSPS) is 12.0. The Morgan fingerprint density at radius 1 is 0.952 bits per heavy atom. The van der Waals surface area contributed by atoms with Crippen LogP contribution in [0.1, 0.15) is 36.5 Å². The molecule has 1 atom stereocenters. The Hall–Kier alpha value is -1.96. The fourth-order valence-corrected chi connectivity index (χ4v) is 2.74. The summed E-state index contributed by atoms with van der Waals surface area (Å²) < 4.78 is 10.9. The largest absolute Gasteiger partial charge is 0.497 e. The van der Waals surface area contributed by atoms with Crippen molar-refractivity contribution in [3.8, 4) is 11.5 Å². The molecular formula is C19H24O2. The van der Waals surface area contributed by atoms with Gasteiger partial charge >= 0.3 is 0 Å². The Bertz CT molecular complexity index is 590. The summed E-state index contributed by atoms with van der Waals surface area (Å²) in [5.41, 5.74) is 3.83. The van der Waals surface area contributed by atoms with Crippen LogP contribution in [0.5, 0.6) is 11.5 Å². The highest BCUT2D eigenvalue weighted by molar-refractivity contribution is 5.43. The van der Waals surface area contributed by atoms with Gasteiger partial charge in [0.2, 0.25) is 0 Å². The van der Waals surface area contributed by atoms with E-state index in [9.17, 15) is 0 Å². The summed E-state index contributed by atoms with van der Waals surface area (Å²) in [4.78, 5) is 0. The van der Waals surface area contributed by atoms with E-state index in [1.807, 2.05) is 12.1 Å².